The first-order valence-electron chi connectivity index (χ1n) is 5.62. The molecule has 0 spiro atoms. The summed E-state index contributed by atoms with van der Waals surface area (Å²) in [5.41, 5.74) is 6.72. The lowest BCUT2D eigenvalue weighted by Gasteiger charge is -2.20. The molecule has 3 N–H and O–H groups in total. The molecule has 1 saturated heterocycles. The van der Waals surface area contributed by atoms with Gasteiger partial charge in [0.05, 0.1) is 11.4 Å². The molecule has 1 aliphatic heterocycles. The second-order valence-electron chi connectivity index (χ2n) is 4.29. The van der Waals surface area contributed by atoms with Crippen molar-refractivity contribution in [1.29, 1.82) is 0 Å². The molecule has 3 nitrogen and oxygen atoms in total. The minimum atomic E-state index is -0.358. The number of rotatable bonds is 3. The Hall–Kier alpha value is -1.29. The van der Waals surface area contributed by atoms with Crippen LogP contribution in [-0.2, 0) is 0 Å². The molecule has 0 bridgehead atoms. The summed E-state index contributed by atoms with van der Waals surface area (Å²) in [5, 5.41) is 8.88. The van der Waals surface area contributed by atoms with Crippen LogP contribution in [0.2, 0.25) is 0 Å². The minimum Gasteiger partial charge on any atom is -0.396 e. The van der Waals surface area contributed by atoms with E-state index >= 15 is 0 Å². The minimum absolute atomic E-state index is 0.219. The molecule has 1 unspecified atom stereocenters. The highest BCUT2D eigenvalue weighted by Crippen LogP contribution is 2.31. The summed E-state index contributed by atoms with van der Waals surface area (Å²) < 4.78 is 13.3. The summed E-state index contributed by atoms with van der Waals surface area (Å²) in [6, 6.07) is 4.90. The molecule has 1 fully saturated rings. The normalized spacial score (nSPS) is 20.4. The number of para-hydroxylation sites is 1. The molecular weight excluding hydrogens is 207 g/mol. The van der Waals surface area contributed by atoms with E-state index in [1.807, 2.05) is 6.07 Å². The Kier molecular flexibility index (Phi) is 3.29. The van der Waals surface area contributed by atoms with Crippen LogP contribution in [0.25, 0.3) is 0 Å². The Morgan fingerprint density at radius 3 is 3.06 bits per heavy atom. The van der Waals surface area contributed by atoms with Crippen molar-refractivity contribution in [2.24, 2.45) is 5.92 Å². The summed E-state index contributed by atoms with van der Waals surface area (Å²) >= 11 is 0. The molecule has 0 aromatic heterocycles. The van der Waals surface area contributed by atoms with Gasteiger partial charge in [-0.1, -0.05) is 6.07 Å². The third-order valence-corrected chi connectivity index (χ3v) is 3.19. The smallest absolute Gasteiger partial charge is 0.148 e. The molecule has 4 heteroatoms. The van der Waals surface area contributed by atoms with Gasteiger partial charge in [0.15, 0.2) is 0 Å². The van der Waals surface area contributed by atoms with Crippen molar-refractivity contribution in [1.82, 2.24) is 0 Å². The number of nitrogens with zero attached hydrogens (tertiary/aromatic N) is 1. The van der Waals surface area contributed by atoms with E-state index in [1.54, 1.807) is 6.07 Å². The van der Waals surface area contributed by atoms with Gasteiger partial charge in [0.25, 0.3) is 0 Å². The molecule has 0 amide bonds. The monoisotopic (exact) mass is 224 g/mol. The zero-order chi connectivity index (χ0) is 11.5. The summed E-state index contributed by atoms with van der Waals surface area (Å²) in [4.78, 5) is 2.10. The Labute approximate surface area is 94.7 Å². The summed E-state index contributed by atoms with van der Waals surface area (Å²) in [7, 11) is 0. The highest BCUT2D eigenvalue weighted by atomic mass is 19.1. The van der Waals surface area contributed by atoms with Crippen LogP contribution in [0.1, 0.15) is 12.8 Å². The van der Waals surface area contributed by atoms with Gasteiger partial charge in [-0.3, -0.25) is 0 Å². The van der Waals surface area contributed by atoms with Crippen LogP contribution >= 0.6 is 0 Å². The number of benzene rings is 1. The standard InChI is InChI=1S/C12H17FN2O/c13-10-2-1-3-11(12(10)14)15-6-4-9(8-15)5-7-16/h1-3,9,16H,4-8,14H2. The van der Waals surface area contributed by atoms with Crippen molar-refractivity contribution in [2.75, 3.05) is 30.3 Å². The average Bonchev–Trinajstić information content (AvgIpc) is 2.71. The molecule has 88 valence electrons. The van der Waals surface area contributed by atoms with E-state index < -0.39 is 0 Å². The van der Waals surface area contributed by atoms with Crippen LogP contribution in [0.15, 0.2) is 18.2 Å². The first-order valence-corrected chi connectivity index (χ1v) is 5.62. The number of aliphatic hydroxyl groups is 1. The number of hydrogen-bond donors (Lipinski definition) is 2. The van der Waals surface area contributed by atoms with Crippen molar-refractivity contribution >= 4 is 11.4 Å². The Bertz CT molecular complexity index is 370. The Balaban J connectivity index is 2.11. The second kappa shape index (κ2) is 4.70. The lowest BCUT2D eigenvalue weighted by Crippen LogP contribution is -2.21. The van der Waals surface area contributed by atoms with Crippen molar-refractivity contribution < 1.29 is 9.50 Å². The molecule has 1 aliphatic rings. The summed E-state index contributed by atoms with van der Waals surface area (Å²) in [6.45, 7) is 1.96. The van der Waals surface area contributed by atoms with Gasteiger partial charge in [-0.2, -0.15) is 0 Å². The van der Waals surface area contributed by atoms with Crippen LogP contribution in [0.3, 0.4) is 0 Å². The van der Waals surface area contributed by atoms with Crippen LogP contribution in [0, 0.1) is 11.7 Å². The van der Waals surface area contributed by atoms with Crippen molar-refractivity contribution in [3.63, 3.8) is 0 Å². The van der Waals surface area contributed by atoms with Crippen LogP contribution in [0.5, 0.6) is 0 Å². The molecule has 1 aromatic rings. The molecular formula is C12H17FN2O. The Morgan fingerprint density at radius 1 is 1.50 bits per heavy atom. The van der Waals surface area contributed by atoms with Crippen LogP contribution in [-0.4, -0.2) is 24.8 Å². The molecule has 0 radical (unpaired) electrons. The van der Waals surface area contributed by atoms with Gasteiger partial charge in [-0.15, -0.1) is 0 Å². The fourth-order valence-corrected chi connectivity index (χ4v) is 2.27. The predicted molar refractivity (Wildman–Crippen MR) is 62.8 cm³/mol. The fourth-order valence-electron chi connectivity index (χ4n) is 2.27. The van der Waals surface area contributed by atoms with Crippen molar-refractivity contribution in [2.45, 2.75) is 12.8 Å². The van der Waals surface area contributed by atoms with Crippen molar-refractivity contribution in [3.8, 4) is 0 Å². The molecule has 2 rings (SSSR count). The van der Waals surface area contributed by atoms with Crippen LogP contribution in [0.4, 0.5) is 15.8 Å². The van der Waals surface area contributed by atoms with E-state index in [1.165, 1.54) is 6.07 Å². The number of anilines is 2. The largest absolute Gasteiger partial charge is 0.396 e. The summed E-state index contributed by atoms with van der Waals surface area (Å²) in [5.74, 6) is 0.135. The van der Waals surface area contributed by atoms with Gasteiger partial charge < -0.3 is 15.7 Å². The lowest BCUT2D eigenvalue weighted by atomic mass is 10.1. The maximum absolute atomic E-state index is 13.3. The SMILES string of the molecule is Nc1c(F)cccc1N1CCC(CCO)C1. The molecule has 1 aromatic carbocycles. The van der Waals surface area contributed by atoms with Crippen molar-refractivity contribution in [3.05, 3.63) is 24.0 Å². The number of nitrogen functional groups attached to an aromatic ring is 1. The molecule has 0 aliphatic carbocycles. The van der Waals surface area contributed by atoms with E-state index in [4.69, 9.17) is 10.8 Å². The number of nitrogens with two attached hydrogens (primary N) is 1. The van der Waals surface area contributed by atoms with Gasteiger partial charge in [0.2, 0.25) is 0 Å². The third-order valence-electron chi connectivity index (χ3n) is 3.19. The van der Waals surface area contributed by atoms with E-state index in [9.17, 15) is 4.39 Å². The predicted octanol–water partition coefficient (Wildman–Crippen LogP) is 1.62. The highest BCUT2D eigenvalue weighted by molar-refractivity contribution is 5.68. The molecule has 16 heavy (non-hydrogen) atoms. The van der Waals surface area contributed by atoms with Gasteiger partial charge in [-0.25, -0.2) is 4.39 Å². The number of halogens is 1. The zero-order valence-corrected chi connectivity index (χ0v) is 9.19. The fraction of sp³-hybridized carbons (Fsp3) is 0.500. The second-order valence-corrected chi connectivity index (χ2v) is 4.29. The topological polar surface area (TPSA) is 49.5 Å². The van der Waals surface area contributed by atoms with E-state index in [0.717, 1.165) is 31.6 Å². The zero-order valence-electron chi connectivity index (χ0n) is 9.19. The molecule has 0 saturated carbocycles. The molecule has 1 heterocycles. The average molecular weight is 224 g/mol. The van der Waals surface area contributed by atoms with Gasteiger partial charge in [-0.05, 0) is 30.9 Å². The number of aliphatic hydroxyl groups excluding tert-OH is 1. The lowest BCUT2D eigenvalue weighted by molar-refractivity contribution is 0.263. The van der Waals surface area contributed by atoms with Gasteiger partial charge in [0, 0.05) is 19.7 Å². The van der Waals surface area contributed by atoms with Crippen LogP contribution < -0.4 is 10.6 Å². The van der Waals surface area contributed by atoms with E-state index in [2.05, 4.69) is 4.90 Å². The van der Waals surface area contributed by atoms with E-state index in [-0.39, 0.29) is 18.1 Å². The molecule has 1 atom stereocenters. The quantitative estimate of drug-likeness (QED) is 0.767. The maximum Gasteiger partial charge on any atom is 0.148 e. The first kappa shape index (κ1) is 11.2. The highest BCUT2D eigenvalue weighted by Gasteiger charge is 2.23. The third kappa shape index (κ3) is 2.11. The maximum atomic E-state index is 13.3. The summed E-state index contributed by atoms with van der Waals surface area (Å²) in [6.07, 6.45) is 1.85. The first-order chi connectivity index (χ1) is 7.72. The number of hydrogen-bond acceptors (Lipinski definition) is 3. The Morgan fingerprint density at radius 2 is 2.31 bits per heavy atom. The van der Waals surface area contributed by atoms with Gasteiger partial charge >= 0.3 is 0 Å². The van der Waals surface area contributed by atoms with E-state index in [0.29, 0.717) is 5.92 Å². The van der Waals surface area contributed by atoms with Gasteiger partial charge in [0.1, 0.15) is 5.82 Å².